The fourth-order valence-corrected chi connectivity index (χ4v) is 5.52. The van der Waals surface area contributed by atoms with Crippen LogP contribution in [0.5, 0.6) is 0 Å². The first-order valence-corrected chi connectivity index (χ1v) is 13.1. The second kappa shape index (κ2) is 9.88. The molecule has 6 rings (SSSR count). The van der Waals surface area contributed by atoms with Gasteiger partial charge < -0.3 is 4.90 Å². The van der Waals surface area contributed by atoms with E-state index in [1.807, 2.05) is 12.4 Å². The SMILES string of the molecule is c1ccc(CSc2ncnc3c2[nH]c[n+]3Cc2ccc(-[n+]3ccc(N4CCCC4)cc3)cc2)cc1. The van der Waals surface area contributed by atoms with Gasteiger partial charge in [0, 0.05) is 48.8 Å². The number of pyridine rings is 1. The van der Waals surface area contributed by atoms with Crippen LogP contribution in [0.4, 0.5) is 5.69 Å². The summed E-state index contributed by atoms with van der Waals surface area (Å²) in [7, 11) is 0. The largest absolute Gasteiger partial charge is 0.371 e. The molecule has 4 heterocycles. The van der Waals surface area contributed by atoms with Gasteiger partial charge in [-0.05, 0) is 36.1 Å². The smallest absolute Gasteiger partial charge is 0.306 e. The van der Waals surface area contributed by atoms with Gasteiger partial charge in [-0.2, -0.15) is 4.57 Å². The number of hydrogen-bond acceptors (Lipinski definition) is 4. The minimum atomic E-state index is 0.749. The van der Waals surface area contributed by atoms with Crippen LogP contribution in [0.1, 0.15) is 24.0 Å². The van der Waals surface area contributed by atoms with Gasteiger partial charge in [0.15, 0.2) is 25.0 Å². The van der Waals surface area contributed by atoms with Gasteiger partial charge in [0.25, 0.3) is 0 Å². The topological polar surface area (TPSA) is 52.6 Å². The Bertz CT molecular complexity index is 1410. The highest BCUT2D eigenvalue weighted by Gasteiger charge is 2.18. The summed E-state index contributed by atoms with van der Waals surface area (Å²) in [5.41, 5.74) is 6.89. The Morgan fingerprint density at radius 2 is 1.63 bits per heavy atom. The van der Waals surface area contributed by atoms with Crippen molar-refractivity contribution >= 4 is 28.6 Å². The summed E-state index contributed by atoms with van der Waals surface area (Å²) in [6.07, 6.45) is 10.6. The molecule has 3 aromatic heterocycles. The first kappa shape index (κ1) is 21.8. The van der Waals surface area contributed by atoms with E-state index in [9.17, 15) is 0 Å². The Labute approximate surface area is 209 Å². The van der Waals surface area contributed by atoms with Gasteiger partial charge in [-0.1, -0.05) is 47.1 Å². The highest BCUT2D eigenvalue weighted by molar-refractivity contribution is 7.98. The molecule has 0 bridgehead atoms. The molecule has 0 unspecified atom stereocenters. The summed E-state index contributed by atoms with van der Waals surface area (Å²) < 4.78 is 4.32. The van der Waals surface area contributed by atoms with Crippen molar-refractivity contribution in [1.29, 1.82) is 0 Å². The van der Waals surface area contributed by atoms with Crippen LogP contribution in [0, 0.1) is 0 Å². The molecular formula is C28H28N6S+2. The first-order chi connectivity index (χ1) is 17.3. The minimum Gasteiger partial charge on any atom is -0.371 e. The summed E-state index contributed by atoms with van der Waals surface area (Å²) in [6, 6.07) is 23.6. The van der Waals surface area contributed by atoms with Crippen LogP contribution in [0.2, 0.25) is 0 Å². The summed E-state index contributed by atoms with van der Waals surface area (Å²) in [6.45, 7) is 3.09. The van der Waals surface area contributed by atoms with Gasteiger partial charge in [-0.25, -0.2) is 9.55 Å². The summed E-state index contributed by atoms with van der Waals surface area (Å²) >= 11 is 1.73. The number of fused-ring (bicyclic) bond motifs is 1. The molecular weight excluding hydrogens is 452 g/mol. The molecule has 174 valence electrons. The van der Waals surface area contributed by atoms with E-state index in [2.05, 4.69) is 102 Å². The summed E-state index contributed by atoms with van der Waals surface area (Å²) in [4.78, 5) is 14.9. The Morgan fingerprint density at radius 3 is 2.40 bits per heavy atom. The lowest BCUT2D eigenvalue weighted by atomic mass is 10.2. The lowest BCUT2D eigenvalue weighted by Crippen LogP contribution is -2.33. The lowest BCUT2D eigenvalue weighted by Gasteiger charge is -2.16. The van der Waals surface area contributed by atoms with Crippen molar-refractivity contribution in [3.05, 3.63) is 103 Å². The molecule has 0 radical (unpaired) electrons. The van der Waals surface area contributed by atoms with E-state index >= 15 is 0 Å². The molecule has 1 aliphatic heterocycles. The zero-order chi connectivity index (χ0) is 23.5. The summed E-state index contributed by atoms with van der Waals surface area (Å²) in [5.74, 6) is 0.879. The molecule has 7 heteroatoms. The molecule has 5 aromatic rings. The molecule has 0 spiro atoms. The summed E-state index contributed by atoms with van der Waals surface area (Å²) in [5, 5.41) is 0.974. The second-order valence-electron chi connectivity index (χ2n) is 8.88. The number of thioether (sulfide) groups is 1. The van der Waals surface area contributed by atoms with Crippen molar-refractivity contribution in [2.24, 2.45) is 0 Å². The van der Waals surface area contributed by atoms with Gasteiger partial charge in [0.2, 0.25) is 11.2 Å². The predicted molar refractivity (Wildman–Crippen MR) is 139 cm³/mol. The number of nitrogens with one attached hydrogen (secondary N) is 1. The van der Waals surface area contributed by atoms with Gasteiger partial charge >= 0.3 is 5.65 Å². The molecule has 0 aliphatic carbocycles. The monoisotopic (exact) mass is 480 g/mol. The minimum absolute atomic E-state index is 0.749. The standard InChI is InChI=1S/C28H27N6S/c1-2-6-23(7-3-1)19-35-28-26-27(29-20-30-28)34(21-31-26)18-22-8-10-24(11-9-22)33-16-12-25(13-17-33)32-14-4-5-15-32/h1-3,6-13,16-17,20-21H,4-5,14-15,18-19H2/q+1/p+1. The third-order valence-corrected chi connectivity index (χ3v) is 7.58. The van der Waals surface area contributed by atoms with E-state index in [4.69, 9.17) is 0 Å². The first-order valence-electron chi connectivity index (χ1n) is 12.1. The number of aromatic amines is 1. The van der Waals surface area contributed by atoms with E-state index in [0.717, 1.165) is 34.2 Å². The fourth-order valence-electron chi connectivity index (χ4n) is 4.61. The molecule has 1 aliphatic rings. The van der Waals surface area contributed by atoms with E-state index in [-0.39, 0.29) is 0 Å². The van der Waals surface area contributed by atoms with Crippen molar-refractivity contribution in [3.8, 4) is 5.69 Å². The number of H-pyrrole nitrogens is 1. The highest BCUT2D eigenvalue weighted by Crippen LogP contribution is 2.25. The molecule has 0 saturated carbocycles. The molecule has 2 aromatic carbocycles. The molecule has 1 saturated heterocycles. The average Bonchev–Trinajstić information content (AvgIpc) is 3.60. The number of anilines is 1. The van der Waals surface area contributed by atoms with Crippen LogP contribution < -0.4 is 14.0 Å². The molecule has 1 N–H and O–H groups in total. The maximum Gasteiger partial charge on any atom is 0.306 e. The predicted octanol–water partition coefficient (Wildman–Crippen LogP) is 4.46. The maximum absolute atomic E-state index is 4.56. The highest BCUT2D eigenvalue weighted by atomic mass is 32.2. The lowest BCUT2D eigenvalue weighted by molar-refractivity contribution is -0.664. The van der Waals surface area contributed by atoms with Crippen LogP contribution in [0.3, 0.4) is 0 Å². The van der Waals surface area contributed by atoms with Gasteiger partial charge in [0.1, 0.15) is 5.03 Å². The Hall–Kier alpha value is -3.71. The molecule has 6 nitrogen and oxygen atoms in total. The van der Waals surface area contributed by atoms with E-state index < -0.39 is 0 Å². The normalized spacial score (nSPS) is 13.5. The number of rotatable bonds is 7. The molecule has 0 atom stereocenters. The molecule has 1 fully saturated rings. The van der Waals surface area contributed by atoms with Crippen LogP contribution >= 0.6 is 11.8 Å². The molecule has 0 amide bonds. The van der Waals surface area contributed by atoms with Crippen molar-refractivity contribution in [3.63, 3.8) is 0 Å². The van der Waals surface area contributed by atoms with Crippen molar-refractivity contribution in [2.45, 2.75) is 30.2 Å². The van der Waals surface area contributed by atoms with E-state index in [1.54, 1.807) is 18.1 Å². The number of hydrogen-bond donors (Lipinski definition) is 1. The van der Waals surface area contributed by atoms with Crippen molar-refractivity contribution in [2.75, 3.05) is 18.0 Å². The average molecular weight is 481 g/mol. The van der Waals surface area contributed by atoms with Crippen LogP contribution in [0.15, 0.2) is 96.8 Å². The Morgan fingerprint density at radius 1 is 0.857 bits per heavy atom. The van der Waals surface area contributed by atoms with Gasteiger partial charge in [-0.3, -0.25) is 4.98 Å². The number of nitrogens with zero attached hydrogens (tertiary/aromatic N) is 5. The number of benzene rings is 2. The quantitative estimate of drug-likeness (QED) is 0.212. The Kier molecular flexibility index (Phi) is 6.15. The van der Waals surface area contributed by atoms with Crippen LogP contribution in [0.25, 0.3) is 16.9 Å². The maximum atomic E-state index is 4.56. The zero-order valence-electron chi connectivity index (χ0n) is 19.5. The van der Waals surface area contributed by atoms with Gasteiger partial charge in [0.05, 0.1) is 6.54 Å². The number of imidazole rings is 1. The Balaban J connectivity index is 1.16. The third-order valence-electron chi connectivity index (χ3n) is 6.52. The van der Waals surface area contributed by atoms with Crippen molar-refractivity contribution < 1.29 is 9.13 Å². The second-order valence-corrected chi connectivity index (χ2v) is 9.84. The van der Waals surface area contributed by atoms with Crippen LogP contribution in [-0.4, -0.2) is 28.0 Å². The molecule has 35 heavy (non-hydrogen) atoms. The van der Waals surface area contributed by atoms with Crippen molar-refractivity contribution in [1.82, 2.24) is 15.0 Å². The van der Waals surface area contributed by atoms with Crippen LogP contribution in [-0.2, 0) is 12.3 Å². The fraction of sp³-hybridized carbons (Fsp3) is 0.214. The third kappa shape index (κ3) is 4.77. The van der Waals surface area contributed by atoms with E-state index in [0.29, 0.717) is 0 Å². The van der Waals surface area contributed by atoms with Gasteiger partial charge in [-0.15, -0.1) is 0 Å². The number of aromatic nitrogens is 5. The van der Waals surface area contributed by atoms with E-state index in [1.165, 1.54) is 42.7 Å². The zero-order valence-corrected chi connectivity index (χ0v) is 20.4.